The molecule has 0 aromatic heterocycles. The number of carbonyl (C=O) groups is 2. The average molecular weight is 368 g/mol. The summed E-state index contributed by atoms with van der Waals surface area (Å²) >= 11 is 9.17. The van der Waals surface area contributed by atoms with Gasteiger partial charge in [-0.1, -0.05) is 11.6 Å². The first-order valence-corrected chi connectivity index (χ1v) is 7.27. The molecule has 2 aromatic carbocycles. The number of rotatable bonds is 3. The van der Waals surface area contributed by atoms with Crippen molar-refractivity contribution in [2.75, 3.05) is 10.6 Å². The molecule has 0 saturated carbocycles. The van der Waals surface area contributed by atoms with Gasteiger partial charge in [0.05, 0.1) is 5.02 Å². The van der Waals surface area contributed by atoms with Gasteiger partial charge >= 0.3 is 0 Å². The molecule has 2 N–H and O–H groups in total. The van der Waals surface area contributed by atoms with Crippen molar-refractivity contribution in [1.82, 2.24) is 0 Å². The van der Waals surface area contributed by atoms with Gasteiger partial charge in [0.1, 0.15) is 0 Å². The van der Waals surface area contributed by atoms with Crippen molar-refractivity contribution in [3.63, 3.8) is 0 Å². The number of amides is 2. The van der Waals surface area contributed by atoms with Crippen LogP contribution in [0.3, 0.4) is 0 Å². The second-order valence-corrected chi connectivity index (χ2v) is 5.60. The van der Waals surface area contributed by atoms with Crippen molar-refractivity contribution in [1.29, 1.82) is 0 Å². The molecule has 6 heteroatoms. The fourth-order valence-corrected chi connectivity index (χ4v) is 2.18. The average Bonchev–Trinajstić information content (AvgIpc) is 2.43. The predicted molar refractivity (Wildman–Crippen MR) is 87.9 cm³/mol. The van der Waals surface area contributed by atoms with Crippen LogP contribution in [0.2, 0.25) is 5.02 Å². The first-order chi connectivity index (χ1) is 9.95. The Morgan fingerprint density at radius 2 is 1.57 bits per heavy atom. The van der Waals surface area contributed by atoms with Gasteiger partial charge in [-0.25, -0.2) is 0 Å². The van der Waals surface area contributed by atoms with Crippen molar-refractivity contribution < 1.29 is 9.59 Å². The molecule has 2 rings (SSSR count). The Morgan fingerprint density at radius 1 is 1.00 bits per heavy atom. The molecule has 0 fully saturated rings. The Kier molecular flexibility index (Phi) is 4.98. The van der Waals surface area contributed by atoms with E-state index in [2.05, 4.69) is 26.6 Å². The minimum atomic E-state index is -0.236. The number of carbonyl (C=O) groups excluding carboxylic acids is 2. The molecule has 0 aliphatic carbocycles. The van der Waals surface area contributed by atoms with Crippen LogP contribution in [0.1, 0.15) is 17.3 Å². The van der Waals surface area contributed by atoms with E-state index in [1.165, 1.54) is 6.92 Å². The Hall–Kier alpha value is -1.85. The zero-order valence-electron chi connectivity index (χ0n) is 11.1. The highest BCUT2D eigenvalue weighted by molar-refractivity contribution is 9.10. The molecule has 0 saturated heterocycles. The van der Waals surface area contributed by atoms with E-state index in [1.807, 2.05) is 0 Å². The van der Waals surface area contributed by atoms with Crippen molar-refractivity contribution in [3.8, 4) is 0 Å². The van der Waals surface area contributed by atoms with Crippen molar-refractivity contribution in [2.24, 2.45) is 0 Å². The number of nitrogens with one attached hydrogen (secondary N) is 2. The number of anilines is 2. The second kappa shape index (κ2) is 6.74. The molecule has 0 spiro atoms. The largest absolute Gasteiger partial charge is 0.326 e. The van der Waals surface area contributed by atoms with E-state index in [9.17, 15) is 9.59 Å². The molecule has 21 heavy (non-hydrogen) atoms. The normalized spacial score (nSPS) is 10.0. The summed E-state index contributed by atoms with van der Waals surface area (Å²) in [5, 5.41) is 5.98. The summed E-state index contributed by atoms with van der Waals surface area (Å²) < 4.78 is 0.665. The van der Waals surface area contributed by atoms with Crippen LogP contribution in [0.15, 0.2) is 46.9 Å². The molecule has 0 aliphatic heterocycles. The minimum Gasteiger partial charge on any atom is -0.326 e. The summed E-state index contributed by atoms with van der Waals surface area (Å²) in [6.07, 6.45) is 0. The summed E-state index contributed by atoms with van der Waals surface area (Å²) in [7, 11) is 0. The summed E-state index contributed by atoms with van der Waals surface area (Å²) in [5.41, 5.74) is 1.81. The smallest absolute Gasteiger partial charge is 0.255 e. The van der Waals surface area contributed by atoms with Crippen LogP contribution >= 0.6 is 27.5 Å². The van der Waals surface area contributed by atoms with Crippen LogP contribution in [0.4, 0.5) is 11.4 Å². The number of hydrogen-bond acceptors (Lipinski definition) is 2. The van der Waals surface area contributed by atoms with Gasteiger partial charge in [-0.3, -0.25) is 9.59 Å². The Morgan fingerprint density at radius 3 is 2.10 bits per heavy atom. The molecule has 0 heterocycles. The fraction of sp³-hybridized carbons (Fsp3) is 0.0667. The van der Waals surface area contributed by atoms with Crippen molar-refractivity contribution >= 4 is 50.7 Å². The maximum atomic E-state index is 12.1. The van der Waals surface area contributed by atoms with E-state index in [0.717, 1.165) is 0 Å². The highest BCUT2D eigenvalue weighted by Crippen LogP contribution is 2.24. The topological polar surface area (TPSA) is 58.2 Å². The third-order valence-corrected chi connectivity index (χ3v) is 3.86. The lowest BCUT2D eigenvalue weighted by atomic mass is 10.2. The van der Waals surface area contributed by atoms with Gasteiger partial charge in [0.15, 0.2) is 0 Å². The van der Waals surface area contributed by atoms with Gasteiger partial charge in [-0.05, 0) is 58.4 Å². The minimum absolute atomic E-state index is 0.141. The third-order valence-electron chi connectivity index (χ3n) is 2.64. The molecular weight excluding hydrogens is 356 g/mol. The fourth-order valence-electron chi connectivity index (χ4n) is 1.68. The van der Waals surface area contributed by atoms with Gasteiger partial charge in [-0.2, -0.15) is 0 Å². The van der Waals surface area contributed by atoms with Crippen molar-refractivity contribution in [2.45, 2.75) is 6.92 Å². The SMILES string of the molecule is CC(=O)Nc1ccc(NC(=O)c2ccc(Cl)c(Br)c2)cc1. The quantitative estimate of drug-likeness (QED) is 0.849. The first-order valence-electron chi connectivity index (χ1n) is 6.10. The molecule has 2 aromatic rings. The zero-order valence-corrected chi connectivity index (χ0v) is 13.5. The second-order valence-electron chi connectivity index (χ2n) is 4.34. The maximum absolute atomic E-state index is 12.1. The summed E-state index contributed by atoms with van der Waals surface area (Å²) in [4.78, 5) is 23.0. The van der Waals surface area contributed by atoms with E-state index in [4.69, 9.17) is 11.6 Å². The lowest BCUT2D eigenvalue weighted by molar-refractivity contribution is -0.114. The molecule has 2 amide bonds. The summed E-state index contributed by atoms with van der Waals surface area (Å²) in [6, 6.07) is 11.8. The van der Waals surface area contributed by atoms with Crippen LogP contribution < -0.4 is 10.6 Å². The van der Waals surface area contributed by atoms with Crippen molar-refractivity contribution in [3.05, 3.63) is 57.5 Å². The van der Waals surface area contributed by atoms with Gasteiger partial charge in [0.25, 0.3) is 5.91 Å². The van der Waals surface area contributed by atoms with E-state index in [0.29, 0.717) is 26.4 Å². The molecule has 0 unspecified atom stereocenters. The van der Waals surface area contributed by atoms with Gasteiger partial charge < -0.3 is 10.6 Å². The monoisotopic (exact) mass is 366 g/mol. The van der Waals surface area contributed by atoms with Crippen LogP contribution in [0, 0.1) is 0 Å². The molecule has 108 valence electrons. The highest BCUT2D eigenvalue weighted by atomic mass is 79.9. The van der Waals surface area contributed by atoms with E-state index >= 15 is 0 Å². The maximum Gasteiger partial charge on any atom is 0.255 e. The lowest BCUT2D eigenvalue weighted by Crippen LogP contribution is -2.12. The first kappa shape index (κ1) is 15.5. The Balaban J connectivity index is 2.08. The third kappa shape index (κ3) is 4.31. The summed E-state index contributed by atoms with van der Waals surface area (Å²) in [5.74, 6) is -0.377. The van der Waals surface area contributed by atoms with E-state index in [-0.39, 0.29) is 11.8 Å². The summed E-state index contributed by atoms with van der Waals surface area (Å²) in [6.45, 7) is 1.44. The zero-order chi connectivity index (χ0) is 15.4. The van der Waals surface area contributed by atoms with Gasteiger partial charge in [-0.15, -0.1) is 0 Å². The Bertz CT molecular complexity index is 687. The number of halogens is 2. The highest BCUT2D eigenvalue weighted by Gasteiger charge is 2.08. The van der Waals surface area contributed by atoms with Gasteiger partial charge in [0.2, 0.25) is 5.91 Å². The molecule has 0 radical (unpaired) electrons. The van der Waals surface area contributed by atoms with Gasteiger partial charge in [0, 0.05) is 28.3 Å². The standard InChI is InChI=1S/C15H12BrClN2O2/c1-9(20)18-11-3-5-12(6-4-11)19-15(21)10-2-7-14(17)13(16)8-10/h2-8H,1H3,(H,18,20)(H,19,21). The Labute approximate surface area is 135 Å². The molecule has 0 bridgehead atoms. The molecular formula is C15H12BrClN2O2. The van der Waals surface area contributed by atoms with Crippen LogP contribution in [0.25, 0.3) is 0 Å². The number of hydrogen-bond donors (Lipinski definition) is 2. The number of benzene rings is 2. The van der Waals surface area contributed by atoms with Crippen LogP contribution in [-0.2, 0) is 4.79 Å². The molecule has 0 aliphatic rings. The lowest BCUT2D eigenvalue weighted by Gasteiger charge is -2.07. The molecule has 4 nitrogen and oxygen atoms in total. The van der Waals surface area contributed by atoms with E-state index < -0.39 is 0 Å². The van der Waals surface area contributed by atoms with Crippen LogP contribution in [0.5, 0.6) is 0 Å². The van der Waals surface area contributed by atoms with Crippen LogP contribution in [-0.4, -0.2) is 11.8 Å². The van der Waals surface area contributed by atoms with E-state index in [1.54, 1.807) is 42.5 Å². The predicted octanol–water partition coefficient (Wildman–Crippen LogP) is 4.31. The molecule has 0 atom stereocenters.